The monoisotopic (exact) mass is 271 g/mol. The minimum Gasteiger partial charge on any atom is -0.368 e. The van der Waals surface area contributed by atoms with E-state index in [2.05, 4.69) is 10.3 Å². The molecule has 2 heterocycles. The molecule has 1 unspecified atom stereocenters. The van der Waals surface area contributed by atoms with Crippen LogP contribution in [0.15, 0.2) is 12.4 Å². The van der Waals surface area contributed by atoms with Crippen LogP contribution in [0, 0.1) is 0 Å². The number of halogens is 1. The Kier molecular flexibility index (Phi) is 4.24. The van der Waals surface area contributed by atoms with Gasteiger partial charge in [0, 0.05) is 26.0 Å². The van der Waals surface area contributed by atoms with Gasteiger partial charge in [-0.25, -0.2) is 4.98 Å². The normalized spacial score (nSPS) is 25.7. The van der Waals surface area contributed by atoms with Gasteiger partial charge in [-0.3, -0.25) is 4.79 Å². The second-order valence-corrected chi connectivity index (χ2v) is 5.22. The molecule has 18 heavy (non-hydrogen) atoms. The number of nitrogens with one attached hydrogen (secondary N) is 1. The standard InChI is InChI=1S/C12H18ClN3O2/c1-8(13)12(17)15-9-4-3-7-18-10(9)11-14-5-6-16(11)2/h5-6,8-10H,3-4,7H2,1-2H3,(H,15,17)/t8?,9-,10-/m1/s1. The number of amides is 1. The second kappa shape index (κ2) is 5.71. The quantitative estimate of drug-likeness (QED) is 0.845. The highest BCUT2D eigenvalue weighted by Gasteiger charge is 2.31. The minimum absolute atomic E-state index is 0.0615. The van der Waals surface area contributed by atoms with Crippen molar-refractivity contribution in [3.63, 3.8) is 0 Å². The van der Waals surface area contributed by atoms with E-state index < -0.39 is 5.38 Å². The fourth-order valence-electron chi connectivity index (χ4n) is 2.13. The minimum atomic E-state index is -0.533. The molecule has 1 saturated heterocycles. The molecular weight excluding hydrogens is 254 g/mol. The average Bonchev–Trinajstić information content (AvgIpc) is 2.76. The van der Waals surface area contributed by atoms with E-state index in [9.17, 15) is 4.79 Å². The summed E-state index contributed by atoms with van der Waals surface area (Å²) in [5, 5.41) is 2.40. The van der Waals surface area contributed by atoms with E-state index in [0.717, 1.165) is 18.7 Å². The molecule has 2 rings (SSSR count). The largest absolute Gasteiger partial charge is 0.368 e. The summed E-state index contributed by atoms with van der Waals surface area (Å²) < 4.78 is 7.67. The van der Waals surface area contributed by atoms with Gasteiger partial charge in [-0.2, -0.15) is 0 Å². The fourth-order valence-corrected chi connectivity index (χ4v) is 2.20. The molecular formula is C12H18ClN3O2. The van der Waals surface area contributed by atoms with Gasteiger partial charge >= 0.3 is 0 Å². The molecule has 0 aromatic carbocycles. The molecule has 1 N–H and O–H groups in total. The summed E-state index contributed by atoms with van der Waals surface area (Å²) in [4.78, 5) is 16.0. The molecule has 1 aromatic heterocycles. The first-order chi connectivity index (χ1) is 8.59. The van der Waals surface area contributed by atoms with E-state index in [1.54, 1.807) is 13.1 Å². The highest BCUT2D eigenvalue weighted by atomic mass is 35.5. The zero-order chi connectivity index (χ0) is 13.1. The summed E-state index contributed by atoms with van der Waals surface area (Å²) in [5.74, 6) is 0.675. The van der Waals surface area contributed by atoms with Crippen molar-refractivity contribution in [3.05, 3.63) is 18.2 Å². The smallest absolute Gasteiger partial charge is 0.238 e. The lowest BCUT2D eigenvalue weighted by Gasteiger charge is -2.32. The van der Waals surface area contributed by atoms with E-state index in [1.807, 2.05) is 17.8 Å². The van der Waals surface area contributed by atoms with Crippen LogP contribution >= 0.6 is 11.6 Å². The number of ether oxygens (including phenoxy) is 1. The molecule has 0 aliphatic carbocycles. The Morgan fingerprint density at radius 1 is 1.72 bits per heavy atom. The first kappa shape index (κ1) is 13.4. The van der Waals surface area contributed by atoms with Gasteiger partial charge < -0.3 is 14.6 Å². The lowest BCUT2D eigenvalue weighted by Crippen LogP contribution is -2.45. The van der Waals surface area contributed by atoms with Crippen molar-refractivity contribution in [2.24, 2.45) is 7.05 Å². The number of carbonyl (C=O) groups excluding carboxylic acids is 1. The number of rotatable bonds is 3. The Morgan fingerprint density at radius 3 is 3.11 bits per heavy atom. The fraction of sp³-hybridized carbons (Fsp3) is 0.667. The predicted octanol–water partition coefficient (Wildman–Crippen LogP) is 1.38. The number of hydrogen-bond donors (Lipinski definition) is 1. The molecule has 1 aliphatic heterocycles. The summed E-state index contributed by atoms with van der Waals surface area (Å²) >= 11 is 5.78. The third-order valence-corrected chi connectivity index (χ3v) is 3.32. The van der Waals surface area contributed by atoms with Crippen LogP contribution in [0.2, 0.25) is 0 Å². The third kappa shape index (κ3) is 2.84. The van der Waals surface area contributed by atoms with Gasteiger partial charge in [0.15, 0.2) is 0 Å². The van der Waals surface area contributed by atoms with Crippen LogP contribution < -0.4 is 5.32 Å². The Balaban J connectivity index is 2.11. The predicted molar refractivity (Wildman–Crippen MR) is 68.4 cm³/mol. The SMILES string of the molecule is CC(Cl)C(=O)N[C@@H]1CCCO[C@H]1c1nccn1C. The Bertz CT molecular complexity index is 419. The van der Waals surface area contributed by atoms with Gasteiger partial charge in [-0.15, -0.1) is 11.6 Å². The van der Waals surface area contributed by atoms with E-state index >= 15 is 0 Å². The first-order valence-corrected chi connectivity index (χ1v) is 6.56. The zero-order valence-corrected chi connectivity index (χ0v) is 11.4. The van der Waals surface area contributed by atoms with Crippen LogP contribution in [0.5, 0.6) is 0 Å². The van der Waals surface area contributed by atoms with Gasteiger partial charge in [0.05, 0.1) is 6.04 Å². The van der Waals surface area contributed by atoms with Crippen molar-refractivity contribution in [2.45, 2.75) is 37.3 Å². The Hall–Kier alpha value is -1.07. The molecule has 0 radical (unpaired) electrons. The molecule has 1 aliphatic rings. The number of nitrogens with zero attached hydrogens (tertiary/aromatic N) is 2. The molecule has 5 nitrogen and oxygen atoms in total. The molecule has 1 fully saturated rings. The van der Waals surface area contributed by atoms with Crippen molar-refractivity contribution in [2.75, 3.05) is 6.61 Å². The van der Waals surface area contributed by atoms with Gasteiger partial charge in [0.2, 0.25) is 5.91 Å². The molecule has 3 atom stereocenters. The van der Waals surface area contributed by atoms with E-state index in [0.29, 0.717) is 6.61 Å². The van der Waals surface area contributed by atoms with E-state index in [1.165, 1.54) is 0 Å². The highest BCUT2D eigenvalue weighted by molar-refractivity contribution is 6.30. The maximum atomic E-state index is 11.7. The summed E-state index contributed by atoms with van der Waals surface area (Å²) in [7, 11) is 1.92. The second-order valence-electron chi connectivity index (χ2n) is 4.56. The number of hydrogen-bond acceptors (Lipinski definition) is 3. The molecule has 0 spiro atoms. The van der Waals surface area contributed by atoms with Gasteiger partial charge in [-0.05, 0) is 19.8 Å². The summed E-state index contributed by atoms with van der Waals surface area (Å²) in [6.45, 7) is 2.36. The van der Waals surface area contributed by atoms with Crippen LogP contribution in [0.1, 0.15) is 31.7 Å². The lowest BCUT2D eigenvalue weighted by atomic mass is 10.0. The van der Waals surface area contributed by atoms with Crippen LogP contribution in [-0.4, -0.2) is 33.5 Å². The summed E-state index contributed by atoms with van der Waals surface area (Å²) in [6, 6.07) is -0.0615. The topological polar surface area (TPSA) is 56.1 Å². The van der Waals surface area contributed by atoms with Crippen molar-refractivity contribution in [1.29, 1.82) is 0 Å². The average molecular weight is 272 g/mol. The van der Waals surface area contributed by atoms with Crippen LogP contribution in [0.3, 0.4) is 0 Å². The summed E-state index contributed by atoms with van der Waals surface area (Å²) in [6.07, 6.45) is 5.22. The van der Waals surface area contributed by atoms with Crippen molar-refractivity contribution in [1.82, 2.24) is 14.9 Å². The first-order valence-electron chi connectivity index (χ1n) is 6.13. The zero-order valence-electron chi connectivity index (χ0n) is 10.6. The molecule has 0 bridgehead atoms. The molecule has 6 heteroatoms. The van der Waals surface area contributed by atoms with E-state index in [4.69, 9.17) is 16.3 Å². The number of aryl methyl sites for hydroxylation is 1. The number of carbonyl (C=O) groups is 1. The molecule has 1 amide bonds. The summed E-state index contributed by atoms with van der Waals surface area (Å²) in [5.41, 5.74) is 0. The molecule has 100 valence electrons. The number of aromatic nitrogens is 2. The highest BCUT2D eigenvalue weighted by Crippen LogP contribution is 2.27. The Labute approximate surface area is 111 Å². The van der Waals surface area contributed by atoms with Crippen molar-refractivity contribution in [3.8, 4) is 0 Å². The van der Waals surface area contributed by atoms with E-state index in [-0.39, 0.29) is 18.1 Å². The third-order valence-electron chi connectivity index (χ3n) is 3.12. The Morgan fingerprint density at radius 2 is 2.50 bits per heavy atom. The molecule has 0 saturated carbocycles. The van der Waals surface area contributed by atoms with Crippen LogP contribution in [-0.2, 0) is 16.6 Å². The number of imidazole rings is 1. The van der Waals surface area contributed by atoms with Crippen molar-refractivity contribution >= 4 is 17.5 Å². The molecule has 1 aromatic rings. The van der Waals surface area contributed by atoms with Gasteiger partial charge in [0.25, 0.3) is 0 Å². The van der Waals surface area contributed by atoms with Crippen molar-refractivity contribution < 1.29 is 9.53 Å². The lowest BCUT2D eigenvalue weighted by molar-refractivity contribution is -0.123. The maximum Gasteiger partial charge on any atom is 0.238 e. The van der Waals surface area contributed by atoms with Gasteiger partial charge in [-0.1, -0.05) is 0 Å². The van der Waals surface area contributed by atoms with Crippen LogP contribution in [0.4, 0.5) is 0 Å². The number of alkyl halides is 1. The maximum absolute atomic E-state index is 11.7. The van der Waals surface area contributed by atoms with Gasteiger partial charge in [0.1, 0.15) is 17.3 Å². The van der Waals surface area contributed by atoms with Crippen LogP contribution in [0.25, 0.3) is 0 Å².